The standard InChI is InChI=1S/C18H31N3/c1-4-10-19-13-16-7-5-8-17(12-16)14-21(3)18-9-6-11-20(2)15-18/h5,7-8,12,18-19H,4,6,9-11,13-15H2,1-3H3. The normalized spacial score (nSPS) is 20.1. The molecule has 0 bridgehead atoms. The predicted octanol–water partition coefficient (Wildman–Crippen LogP) is 2.71. The van der Waals surface area contributed by atoms with E-state index in [1.165, 1.54) is 43.5 Å². The smallest absolute Gasteiger partial charge is 0.0234 e. The summed E-state index contributed by atoms with van der Waals surface area (Å²) in [5.41, 5.74) is 2.83. The molecule has 1 fully saturated rings. The quantitative estimate of drug-likeness (QED) is 0.779. The van der Waals surface area contributed by atoms with Crippen molar-refractivity contribution in [3.05, 3.63) is 35.4 Å². The first kappa shape index (κ1) is 16.5. The van der Waals surface area contributed by atoms with E-state index in [4.69, 9.17) is 0 Å². The number of hydrogen-bond donors (Lipinski definition) is 1. The molecule has 0 radical (unpaired) electrons. The Labute approximate surface area is 130 Å². The summed E-state index contributed by atoms with van der Waals surface area (Å²) in [5, 5.41) is 3.48. The van der Waals surface area contributed by atoms with Gasteiger partial charge in [-0.1, -0.05) is 31.2 Å². The van der Waals surface area contributed by atoms with Crippen LogP contribution in [0, 0.1) is 0 Å². The summed E-state index contributed by atoms with van der Waals surface area (Å²) in [4.78, 5) is 4.98. The summed E-state index contributed by atoms with van der Waals surface area (Å²) in [6.45, 7) is 7.80. The first-order valence-corrected chi connectivity index (χ1v) is 8.36. The summed E-state index contributed by atoms with van der Waals surface area (Å²) < 4.78 is 0. The van der Waals surface area contributed by atoms with Crippen LogP contribution in [0.5, 0.6) is 0 Å². The molecule has 1 aliphatic heterocycles. The van der Waals surface area contributed by atoms with E-state index in [-0.39, 0.29) is 0 Å². The van der Waals surface area contributed by atoms with E-state index in [0.29, 0.717) is 6.04 Å². The Bertz CT molecular complexity index is 419. The third-order valence-electron chi connectivity index (χ3n) is 4.40. The Kier molecular flexibility index (Phi) is 6.68. The zero-order valence-electron chi connectivity index (χ0n) is 13.9. The van der Waals surface area contributed by atoms with Crippen LogP contribution in [0.3, 0.4) is 0 Å². The molecule has 3 nitrogen and oxygen atoms in total. The second kappa shape index (κ2) is 8.52. The Morgan fingerprint density at radius 1 is 1.33 bits per heavy atom. The summed E-state index contributed by atoms with van der Waals surface area (Å²) in [5.74, 6) is 0. The van der Waals surface area contributed by atoms with Gasteiger partial charge in [-0.05, 0) is 57.6 Å². The van der Waals surface area contributed by atoms with Crippen LogP contribution in [-0.4, -0.2) is 49.6 Å². The van der Waals surface area contributed by atoms with E-state index in [1.54, 1.807) is 0 Å². The van der Waals surface area contributed by atoms with Crippen molar-refractivity contribution >= 4 is 0 Å². The van der Waals surface area contributed by atoms with E-state index < -0.39 is 0 Å². The molecule has 0 saturated carbocycles. The molecule has 21 heavy (non-hydrogen) atoms. The van der Waals surface area contributed by atoms with Gasteiger partial charge < -0.3 is 10.2 Å². The Hall–Kier alpha value is -0.900. The van der Waals surface area contributed by atoms with Crippen LogP contribution in [0.15, 0.2) is 24.3 Å². The van der Waals surface area contributed by atoms with E-state index in [0.717, 1.165) is 19.6 Å². The molecule has 0 aliphatic carbocycles. The highest BCUT2D eigenvalue weighted by Gasteiger charge is 2.20. The van der Waals surface area contributed by atoms with Gasteiger partial charge in [0.25, 0.3) is 0 Å². The summed E-state index contributed by atoms with van der Waals surface area (Å²) in [7, 11) is 4.51. The molecule has 0 aromatic heterocycles. The van der Waals surface area contributed by atoms with Crippen molar-refractivity contribution in [1.29, 1.82) is 0 Å². The highest BCUT2D eigenvalue weighted by molar-refractivity contribution is 5.23. The van der Waals surface area contributed by atoms with Crippen molar-refractivity contribution in [2.75, 3.05) is 33.7 Å². The van der Waals surface area contributed by atoms with Gasteiger partial charge in [0, 0.05) is 25.7 Å². The van der Waals surface area contributed by atoms with Gasteiger partial charge in [0.1, 0.15) is 0 Å². The topological polar surface area (TPSA) is 18.5 Å². The number of piperidine rings is 1. The first-order chi connectivity index (χ1) is 10.2. The Morgan fingerprint density at radius 2 is 2.14 bits per heavy atom. The Balaban J connectivity index is 1.87. The lowest BCUT2D eigenvalue weighted by Crippen LogP contribution is -2.44. The van der Waals surface area contributed by atoms with Crippen molar-refractivity contribution in [2.24, 2.45) is 0 Å². The largest absolute Gasteiger partial charge is 0.313 e. The SMILES string of the molecule is CCCNCc1cccc(CN(C)C2CCCN(C)C2)c1. The van der Waals surface area contributed by atoms with Gasteiger partial charge in [0.05, 0.1) is 0 Å². The van der Waals surface area contributed by atoms with Crippen molar-refractivity contribution in [2.45, 2.75) is 45.3 Å². The van der Waals surface area contributed by atoms with Crippen LogP contribution in [0.4, 0.5) is 0 Å². The lowest BCUT2D eigenvalue weighted by Gasteiger charge is -2.36. The summed E-state index contributed by atoms with van der Waals surface area (Å²) >= 11 is 0. The second-order valence-corrected chi connectivity index (χ2v) is 6.47. The number of hydrogen-bond acceptors (Lipinski definition) is 3. The lowest BCUT2D eigenvalue weighted by atomic mass is 10.0. The fourth-order valence-corrected chi connectivity index (χ4v) is 3.16. The number of rotatable bonds is 7. The molecule has 1 N–H and O–H groups in total. The molecule has 3 heteroatoms. The molecule has 0 spiro atoms. The fraction of sp³-hybridized carbons (Fsp3) is 0.667. The molecule has 1 heterocycles. The second-order valence-electron chi connectivity index (χ2n) is 6.47. The average Bonchev–Trinajstić information content (AvgIpc) is 2.48. The minimum atomic E-state index is 0.700. The van der Waals surface area contributed by atoms with Gasteiger partial charge in [-0.25, -0.2) is 0 Å². The van der Waals surface area contributed by atoms with Gasteiger partial charge in [-0.2, -0.15) is 0 Å². The minimum absolute atomic E-state index is 0.700. The van der Waals surface area contributed by atoms with Crippen molar-refractivity contribution < 1.29 is 0 Å². The molecular formula is C18H31N3. The number of likely N-dealkylation sites (N-methyl/N-ethyl adjacent to an activating group) is 2. The molecule has 1 aromatic rings. The zero-order valence-corrected chi connectivity index (χ0v) is 13.9. The third kappa shape index (κ3) is 5.42. The minimum Gasteiger partial charge on any atom is -0.313 e. The van der Waals surface area contributed by atoms with Gasteiger partial charge in [-0.15, -0.1) is 0 Å². The molecule has 1 unspecified atom stereocenters. The van der Waals surface area contributed by atoms with Crippen LogP contribution in [0.25, 0.3) is 0 Å². The fourth-order valence-electron chi connectivity index (χ4n) is 3.16. The molecule has 1 aliphatic rings. The van der Waals surface area contributed by atoms with E-state index >= 15 is 0 Å². The monoisotopic (exact) mass is 289 g/mol. The van der Waals surface area contributed by atoms with Gasteiger partial charge in [-0.3, -0.25) is 4.90 Å². The number of likely N-dealkylation sites (tertiary alicyclic amines) is 1. The molecule has 1 aromatic carbocycles. The highest BCUT2D eigenvalue weighted by Crippen LogP contribution is 2.16. The van der Waals surface area contributed by atoms with Crippen molar-refractivity contribution in [3.8, 4) is 0 Å². The third-order valence-corrected chi connectivity index (χ3v) is 4.40. The molecule has 2 rings (SSSR count). The van der Waals surface area contributed by atoms with Crippen LogP contribution in [-0.2, 0) is 13.1 Å². The molecule has 1 saturated heterocycles. The average molecular weight is 289 g/mol. The van der Waals surface area contributed by atoms with E-state index in [1.807, 2.05) is 0 Å². The van der Waals surface area contributed by atoms with Gasteiger partial charge in [0.2, 0.25) is 0 Å². The Morgan fingerprint density at radius 3 is 2.90 bits per heavy atom. The van der Waals surface area contributed by atoms with Crippen LogP contribution >= 0.6 is 0 Å². The number of nitrogens with one attached hydrogen (secondary N) is 1. The predicted molar refractivity (Wildman–Crippen MR) is 90.4 cm³/mol. The van der Waals surface area contributed by atoms with Crippen LogP contribution in [0.2, 0.25) is 0 Å². The van der Waals surface area contributed by atoms with Crippen molar-refractivity contribution in [1.82, 2.24) is 15.1 Å². The maximum absolute atomic E-state index is 3.48. The molecule has 0 amide bonds. The molecular weight excluding hydrogens is 258 g/mol. The van der Waals surface area contributed by atoms with Gasteiger partial charge in [0.15, 0.2) is 0 Å². The van der Waals surface area contributed by atoms with Crippen LogP contribution < -0.4 is 5.32 Å². The zero-order chi connectivity index (χ0) is 15.1. The lowest BCUT2D eigenvalue weighted by molar-refractivity contribution is 0.129. The van der Waals surface area contributed by atoms with E-state index in [9.17, 15) is 0 Å². The van der Waals surface area contributed by atoms with Crippen LogP contribution in [0.1, 0.15) is 37.3 Å². The molecule has 118 valence electrons. The first-order valence-electron chi connectivity index (χ1n) is 8.36. The highest BCUT2D eigenvalue weighted by atomic mass is 15.2. The van der Waals surface area contributed by atoms with E-state index in [2.05, 4.69) is 60.4 Å². The van der Waals surface area contributed by atoms with Crippen molar-refractivity contribution in [3.63, 3.8) is 0 Å². The van der Waals surface area contributed by atoms with Gasteiger partial charge >= 0.3 is 0 Å². The molecule has 1 atom stereocenters. The number of nitrogens with zero attached hydrogens (tertiary/aromatic N) is 2. The summed E-state index contributed by atoms with van der Waals surface area (Å²) in [6, 6.07) is 9.73. The number of benzene rings is 1. The maximum Gasteiger partial charge on any atom is 0.0234 e. The summed E-state index contributed by atoms with van der Waals surface area (Å²) in [6.07, 6.45) is 3.85. The maximum atomic E-state index is 3.48.